The van der Waals surface area contributed by atoms with Crippen LogP contribution in [0.1, 0.15) is 27.2 Å². The fraction of sp³-hybridized carbons (Fsp3) is 1.00. The summed E-state index contributed by atoms with van der Waals surface area (Å²) in [6, 6.07) is 0. The number of hydrogen-bond donors (Lipinski definition) is 0. The largest absolute Gasteiger partial charge is 0.214 e. The van der Waals surface area contributed by atoms with E-state index in [2.05, 4.69) is 0 Å². The maximum absolute atomic E-state index is 11.6. The monoisotopic (exact) mass is 227 g/mol. The van der Waals surface area contributed by atoms with E-state index in [0.29, 0.717) is 12.3 Å². The van der Waals surface area contributed by atoms with E-state index in [-0.39, 0.29) is 5.75 Å². The summed E-state index contributed by atoms with van der Waals surface area (Å²) in [6.45, 7) is 5.47. The molecule has 80 valence electrons. The number of nitrogens with zero attached hydrogens (tertiary/aromatic N) is 1. The van der Waals surface area contributed by atoms with Crippen LogP contribution >= 0.6 is 11.6 Å². The third-order valence-corrected chi connectivity index (χ3v) is 4.97. The van der Waals surface area contributed by atoms with Crippen molar-refractivity contribution in [2.45, 2.75) is 32.7 Å². The third-order valence-electron chi connectivity index (χ3n) is 2.06. The first-order valence-corrected chi connectivity index (χ1v) is 6.45. The van der Waals surface area contributed by atoms with Crippen molar-refractivity contribution in [1.82, 2.24) is 4.31 Å². The Morgan fingerprint density at radius 2 is 1.85 bits per heavy atom. The van der Waals surface area contributed by atoms with Crippen LogP contribution in [0.4, 0.5) is 0 Å². The molecule has 0 saturated carbocycles. The molecule has 5 heteroatoms. The molecule has 0 radical (unpaired) electrons. The van der Waals surface area contributed by atoms with Gasteiger partial charge in [0.15, 0.2) is 0 Å². The lowest BCUT2D eigenvalue weighted by Gasteiger charge is -2.32. The summed E-state index contributed by atoms with van der Waals surface area (Å²) in [7, 11) is -1.55. The van der Waals surface area contributed by atoms with E-state index in [4.69, 9.17) is 11.6 Å². The second-order valence-electron chi connectivity index (χ2n) is 3.73. The molecule has 0 aliphatic heterocycles. The average molecular weight is 228 g/mol. The molecule has 0 spiro atoms. The van der Waals surface area contributed by atoms with Crippen molar-refractivity contribution in [3.05, 3.63) is 0 Å². The van der Waals surface area contributed by atoms with Crippen LogP contribution in [-0.4, -0.2) is 36.9 Å². The van der Waals surface area contributed by atoms with Gasteiger partial charge in [0.1, 0.15) is 0 Å². The molecule has 0 saturated heterocycles. The zero-order chi connectivity index (χ0) is 10.7. The Morgan fingerprint density at radius 3 is 2.15 bits per heavy atom. The van der Waals surface area contributed by atoms with Gasteiger partial charge in [0.2, 0.25) is 10.0 Å². The van der Waals surface area contributed by atoms with Crippen LogP contribution in [0.2, 0.25) is 0 Å². The second-order valence-corrected chi connectivity index (χ2v) is 6.12. The molecule has 3 nitrogen and oxygen atoms in total. The molecule has 13 heavy (non-hydrogen) atoms. The minimum atomic E-state index is -3.13. The van der Waals surface area contributed by atoms with Gasteiger partial charge >= 0.3 is 0 Å². The van der Waals surface area contributed by atoms with Gasteiger partial charge in [-0.15, -0.1) is 11.6 Å². The smallest absolute Gasteiger partial charge is 0.212 e. The Labute approximate surface area is 86.1 Å². The van der Waals surface area contributed by atoms with E-state index >= 15 is 0 Å². The number of hydrogen-bond acceptors (Lipinski definition) is 2. The lowest BCUT2D eigenvalue weighted by molar-refractivity contribution is 0.296. The van der Waals surface area contributed by atoms with Gasteiger partial charge < -0.3 is 0 Å². The maximum atomic E-state index is 11.6. The molecule has 0 aliphatic rings. The molecular weight excluding hydrogens is 210 g/mol. The van der Waals surface area contributed by atoms with Crippen LogP contribution in [0.3, 0.4) is 0 Å². The first kappa shape index (κ1) is 13.2. The first-order valence-electron chi connectivity index (χ1n) is 4.30. The molecule has 0 N–H and O–H groups in total. The van der Waals surface area contributed by atoms with Crippen molar-refractivity contribution < 1.29 is 8.42 Å². The second kappa shape index (κ2) is 4.62. The van der Waals surface area contributed by atoms with Gasteiger partial charge in [-0.05, 0) is 20.3 Å². The van der Waals surface area contributed by atoms with E-state index in [0.717, 1.165) is 0 Å². The Balaban J connectivity index is 4.69. The molecule has 0 atom stereocenters. The molecular formula is C8H18ClNO2S. The molecule has 0 bridgehead atoms. The van der Waals surface area contributed by atoms with E-state index in [1.807, 2.05) is 20.8 Å². The Kier molecular flexibility index (Phi) is 4.69. The maximum Gasteiger partial charge on any atom is 0.214 e. The summed E-state index contributed by atoms with van der Waals surface area (Å²) in [4.78, 5) is 0. The standard InChI is InChI=1S/C8H18ClNO2S/c1-5-6-13(11,12)10(4)8(2,3)7-9/h5-7H2,1-4H3. The zero-order valence-electron chi connectivity index (χ0n) is 8.67. The topological polar surface area (TPSA) is 37.4 Å². The van der Waals surface area contributed by atoms with E-state index in [9.17, 15) is 8.42 Å². The molecule has 0 aliphatic carbocycles. The van der Waals surface area contributed by atoms with Crippen LogP contribution in [0.25, 0.3) is 0 Å². The van der Waals surface area contributed by atoms with E-state index in [1.165, 1.54) is 4.31 Å². The summed E-state index contributed by atoms with van der Waals surface area (Å²) in [5, 5.41) is 0. The highest BCUT2D eigenvalue weighted by Gasteiger charge is 2.31. The van der Waals surface area contributed by atoms with Crippen molar-refractivity contribution >= 4 is 21.6 Å². The Morgan fingerprint density at radius 1 is 1.38 bits per heavy atom. The lowest BCUT2D eigenvalue weighted by Crippen LogP contribution is -2.47. The molecule has 0 aromatic heterocycles. The molecule has 0 aromatic rings. The van der Waals surface area contributed by atoms with E-state index in [1.54, 1.807) is 7.05 Å². The van der Waals surface area contributed by atoms with Crippen LogP contribution in [0.5, 0.6) is 0 Å². The highest BCUT2D eigenvalue weighted by molar-refractivity contribution is 7.89. The van der Waals surface area contributed by atoms with Gasteiger partial charge in [-0.1, -0.05) is 6.92 Å². The minimum Gasteiger partial charge on any atom is -0.212 e. The summed E-state index contributed by atoms with van der Waals surface area (Å²) in [5.74, 6) is 0.482. The van der Waals surface area contributed by atoms with Crippen molar-refractivity contribution in [2.24, 2.45) is 0 Å². The fourth-order valence-electron chi connectivity index (χ4n) is 0.856. The van der Waals surface area contributed by atoms with Crippen LogP contribution < -0.4 is 0 Å². The number of halogens is 1. The number of alkyl halides is 1. The molecule has 0 unspecified atom stereocenters. The van der Waals surface area contributed by atoms with Crippen LogP contribution in [0, 0.1) is 0 Å². The minimum absolute atomic E-state index is 0.184. The Bertz CT molecular complexity index is 249. The van der Waals surface area contributed by atoms with Crippen molar-refractivity contribution in [2.75, 3.05) is 18.7 Å². The molecule has 0 aromatic carbocycles. The quantitative estimate of drug-likeness (QED) is 0.671. The predicted octanol–water partition coefficient (Wildman–Crippen LogP) is 1.68. The van der Waals surface area contributed by atoms with Crippen LogP contribution in [-0.2, 0) is 10.0 Å². The van der Waals surface area contributed by atoms with Gasteiger partial charge in [-0.3, -0.25) is 0 Å². The average Bonchev–Trinajstić information content (AvgIpc) is 2.03. The Hall–Kier alpha value is 0.200. The summed E-state index contributed by atoms with van der Waals surface area (Å²) in [6.07, 6.45) is 0.630. The van der Waals surface area contributed by atoms with Gasteiger partial charge in [-0.25, -0.2) is 8.42 Å². The first-order chi connectivity index (χ1) is 5.78. The van der Waals surface area contributed by atoms with Gasteiger partial charge in [0, 0.05) is 18.5 Å². The van der Waals surface area contributed by atoms with Crippen molar-refractivity contribution in [3.8, 4) is 0 Å². The summed E-state index contributed by atoms with van der Waals surface area (Å²) >= 11 is 5.69. The fourth-order valence-corrected chi connectivity index (χ4v) is 2.71. The SMILES string of the molecule is CCCS(=O)(=O)N(C)C(C)(C)CCl. The molecule has 0 rings (SSSR count). The molecule has 0 fully saturated rings. The van der Waals surface area contributed by atoms with Gasteiger partial charge in [0.25, 0.3) is 0 Å². The van der Waals surface area contributed by atoms with Crippen molar-refractivity contribution in [1.29, 1.82) is 0 Å². The van der Waals surface area contributed by atoms with Crippen molar-refractivity contribution in [3.63, 3.8) is 0 Å². The third kappa shape index (κ3) is 3.44. The van der Waals surface area contributed by atoms with Gasteiger partial charge in [-0.2, -0.15) is 4.31 Å². The predicted molar refractivity (Wildman–Crippen MR) is 56.6 cm³/mol. The number of sulfonamides is 1. The van der Waals surface area contributed by atoms with Crippen LogP contribution in [0.15, 0.2) is 0 Å². The number of rotatable bonds is 5. The summed E-state index contributed by atoms with van der Waals surface area (Å²) in [5.41, 5.74) is -0.504. The van der Waals surface area contributed by atoms with Gasteiger partial charge in [0.05, 0.1) is 5.75 Å². The van der Waals surface area contributed by atoms with E-state index < -0.39 is 15.6 Å². The lowest BCUT2D eigenvalue weighted by atomic mass is 10.1. The highest BCUT2D eigenvalue weighted by atomic mass is 35.5. The molecule has 0 heterocycles. The molecule has 0 amide bonds. The highest BCUT2D eigenvalue weighted by Crippen LogP contribution is 2.18. The zero-order valence-corrected chi connectivity index (χ0v) is 10.2. The summed E-state index contributed by atoms with van der Waals surface area (Å²) < 4.78 is 24.6. The normalized spacial score (nSPS) is 13.7.